The van der Waals surface area contributed by atoms with Crippen LogP contribution in [0.3, 0.4) is 0 Å². The number of hydrogen-bond acceptors (Lipinski definition) is 2. The summed E-state index contributed by atoms with van der Waals surface area (Å²) >= 11 is 0. The highest BCUT2D eigenvalue weighted by molar-refractivity contribution is 5.92. The molecular formula is C11H18N2O2. The van der Waals surface area contributed by atoms with Crippen LogP contribution in [0.25, 0.3) is 0 Å². The second-order valence-corrected chi connectivity index (χ2v) is 3.69. The molecule has 0 saturated carbocycles. The van der Waals surface area contributed by atoms with Crippen molar-refractivity contribution in [3.63, 3.8) is 0 Å². The Bertz CT molecular complexity index is 344. The first-order chi connectivity index (χ1) is 7.06. The highest BCUT2D eigenvalue weighted by Crippen LogP contribution is 2.05. The lowest BCUT2D eigenvalue weighted by molar-refractivity contribution is 0.0905. The molecule has 1 aromatic rings. The first-order valence-corrected chi connectivity index (χ1v) is 5.14. The SMILES string of the molecule is CCC(O)CNC(=O)c1ccc(C)n1C. The van der Waals surface area contributed by atoms with Gasteiger partial charge in [0.15, 0.2) is 0 Å². The Kier molecular flexibility index (Phi) is 3.91. The van der Waals surface area contributed by atoms with Crippen LogP contribution in [-0.2, 0) is 7.05 Å². The van der Waals surface area contributed by atoms with Crippen molar-refractivity contribution in [1.29, 1.82) is 0 Å². The number of aryl methyl sites for hydroxylation is 1. The van der Waals surface area contributed by atoms with Crippen molar-refractivity contribution in [2.24, 2.45) is 7.05 Å². The quantitative estimate of drug-likeness (QED) is 0.773. The van der Waals surface area contributed by atoms with E-state index in [9.17, 15) is 9.90 Å². The molecule has 1 unspecified atom stereocenters. The fourth-order valence-electron chi connectivity index (χ4n) is 1.29. The molecule has 0 radical (unpaired) electrons. The lowest BCUT2D eigenvalue weighted by atomic mass is 10.3. The van der Waals surface area contributed by atoms with Crippen molar-refractivity contribution < 1.29 is 9.90 Å². The Hall–Kier alpha value is -1.29. The number of aliphatic hydroxyl groups excluding tert-OH is 1. The van der Waals surface area contributed by atoms with E-state index >= 15 is 0 Å². The summed E-state index contributed by atoms with van der Waals surface area (Å²) in [7, 11) is 1.85. The van der Waals surface area contributed by atoms with E-state index in [1.54, 1.807) is 6.07 Å². The van der Waals surface area contributed by atoms with Gasteiger partial charge < -0.3 is 15.0 Å². The van der Waals surface area contributed by atoms with Gasteiger partial charge in [0.1, 0.15) is 5.69 Å². The number of nitrogens with one attached hydrogen (secondary N) is 1. The van der Waals surface area contributed by atoms with E-state index in [-0.39, 0.29) is 5.91 Å². The summed E-state index contributed by atoms with van der Waals surface area (Å²) in [6.45, 7) is 4.13. The molecule has 15 heavy (non-hydrogen) atoms. The lowest BCUT2D eigenvalue weighted by Gasteiger charge is -2.10. The van der Waals surface area contributed by atoms with Crippen LogP contribution in [0.15, 0.2) is 12.1 Å². The fourth-order valence-corrected chi connectivity index (χ4v) is 1.29. The van der Waals surface area contributed by atoms with E-state index in [1.807, 2.05) is 31.5 Å². The van der Waals surface area contributed by atoms with Gasteiger partial charge in [0.2, 0.25) is 0 Å². The number of amides is 1. The standard InChI is InChI=1S/C11H18N2O2/c1-4-9(14)7-12-11(15)10-6-5-8(2)13(10)3/h5-6,9,14H,4,7H2,1-3H3,(H,12,15). The third-order valence-electron chi connectivity index (χ3n) is 2.57. The highest BCUT2D eigenvalue weighted by atomic mass is 16.3. The van der Waals surface area contributed by atoms with E-state index in [0.717, 1.165) is 5.69 Å². The number of carbonyl (C=O) groups is 1. The van der Waals surface area contributed by atoms with Crippen LogP contribution in [0, 0.1) is 6.92 Å². The topological polar surface area (TPSA) is 54.3 Å². The summed E-state index contributed by atoms with van der Waals surface area (Å²) in [6, 6.07) is 3.67. The van der Waals surface area contributed by atoms with Crippen LogP contribution in [0.5, 0.6) is 0 Å². The van der Waals surface area contributed by atoms with Crippen molar-refractivity contribution in [2.75, 3.05) is 6.54 Å². The van der Waals surface area contributed by atoms with Crippen LogP contribution < -0.4 is 5.32 Å². The molecule has 0 saturated heterocycles. The number of hydrogen-bond donors (Lipinski definition) is 2. The van der Waals surface area contributed by atoms with Crippen LogP contribution >= 0.6 is 0 Å². The van der Waals surface area contributed by atoms with E-state index in [1.165, 1.54) is 0 Å². The van der Waals surface area contributed by atoms with Gasteiger partial charge in [0.05, 0.1) is 6.10 Å². The van der Waals surface area contributed by atoms with Crippen molar-refractivity contribution in [3.8, 4) is 0 Å². The molecule has 1 aromatic heterocycles. The molecule has 0 bridgehead atoms. The number of nitrogens with zero attached hydrogens (tertiary/aromatic N) is 1. The Morgan fingerprint density at radius 3 is 2.73 bits per heavy atom. The van der Waals surface area contributed by atoms with Gasteiger partial charge in [-0.2, -0.15) is 0 Å². The summed E-state index contributed by atoms with van der Waals surface area (Å²) in [5.41, 5.74) is 1.66. The first kappa shape index (κ1) is 11.8. The molecule has 84 valence electrons. The third-order valence-corrected chi connectivity index (χ3v) is 2.57. The second-order valence-electron chi connectivity index (χ2n) is 3.69. The third kappa shape index (κ3) is 2.83. The predicted octanol–water partition coefficient (Wildman–Crippen LogP) is 0.834. The van der Waals surface area contributed by atoms with Crippen molar-refractivity contribution in [3.05, 3.63) is 23.5 Å². The molecule has 0 aliphatic carbocycles. The average molecular weight is 210 g/mol. The number of aliphatic hydroxyl groups is 1. The molecule has 2 N–H and O–H groups in total. The molecule has 0 fully saturated rings. The molecule has 0 spiro atoms. The van der Waals surface area contributed by atoms with Gasteiger partial charge in [-0.3, -0.25) is 4.79 Å². The molecule has 0 aromatic carbocycles. The minimum Gasteiger partial charge on any atom is -0.391 e. The summed E-state index contributed by atoms with van der Waals surface area (Å²) in [5.74, 6) is -0.141. The predicted molar refractivity (Wildman–Crippen MR) is 58.8 cm³/mol. The van der Waals surface area contributed by atoms with Crippen LogP contribution in [0.2, 0.25) is 0 Å². The smallest absolute Gasteiger partial charge is 0.267 e. The number of carbonyl (C=O) groups excluding carboxylic acids is 1. The molecule has 0 aliphatic rings. The molecule has 1 atom stereocenters. The monoisotopic (exact) mass is 210 g/mol. The van der Waals surface area contributed by atoms with E-state index in [2.05, 4.69) is 5.32 Å². The normalized spacial score (nSPS) is 12.5. The van der Waals surface area contributed by atoms with Crippen LogP contribution in [0.1, 0.15) is 29.5 Å². The van der Waals surface area contributed by atoms with Crippen LogP contribution in [-0.4, -0.2) is 28.2 Å². The molecule has 1 heterocycles. The maximum atomic E-state index is 11.7. The van der Waals surface area contributed by atoms with Gasteiger partial charge in [-0.15, -0.1) is 0 Å². The molecule has 4 heteroatoms. The van der Waals surface area contributed by atoms with Crippen LogP contribution in [0.4, 0.5) is 0 Å². The van der Waals surface area contributed by atoms with Gasteiger partial charge in [-0.1, -0.05) is 6.92 Å². The minimum atomic E-state index is -0.463. The molecule has 1 amide bonds. The Balaban J connectivity index is 2.58. The molecular weight excluding hydrogens is 192 g/mol. The van der Waals surface area contributed by atoms with Gasteiger partial charge in [-0.05, 0) is 25.5 Å². The highest BCUT2D eigenvalue weighted by Gasteiger charge is 2.11. The average Bonchev–Trinajstić information content (AvgIpc) is 2.56. The zero-order chi connectivity index (χ0) is 11.4. The summed E-state index contributed by atoms with van der Waals surface area (Å²) in [6.07, 6.45) is 0.183. The number of rotatable bonds is 4. The summed E-state index contributed by atoms with van der Waals surface area (Å²) in [5, 5.41) is 12.0. The van der Waals surface area contributed by atoms with Crippen molar-refractivity contribution in [2.45, 2.75) is 26.4 Å². The maximum Gasteiger partial charge on any atom is 0.267 e. The van der Waals surface area contributed by atoms with E-state index in [4.69, 9.17) is 0 Å². The summed E-state index contributed by atoms with van der Waals surface area (Å²) in [4.78, 5) is 11.7. The first-order valence-electron chi connectivity index (χ1n) is 5.14. The van der Waals surface area contributed by atoms with Gasteiger partial charge in [0, 0.05) is 19.3 Å². The zero-order valence-corrected chi connectivity index (χ0v) is 9.45. The second kappa shape index (κ2) is 4.98. The van der Waals surface area contributed by atoms with Crippen molar-refractivity contribution >= 4 is 5.91 Å². The lowest BCUT2D eigenvalue weighted by Crippen LogP contribution is -2.32. The van der Waals surface area contributed by atoms with E-state index < -0.39 is 6.10 Å². The van der Waals surface area contributed by atoms with E-state index in [0.29, 0.717) is 18.7 Å². The minimum absolute atomic E-state index is 0.141. The molecule has 1 rings (SSSR count). The van der Waals surface area contributed by atoms with Gasteiger partial charge in [0.25, 0.3) is 5.91 Å². The largest absolute Gasteiger partial charge is 0.391 e. The summed E-state index contributed by atoms with van der Waals surface area (Å²) < 4.78 is 1.83. The maximum absolute atomic E-state index is 11.7. The zero-order valence-electron chi connectivity index (χ0n) is 9.45. The Labute approximate surface area is 89.9 Å². The fraction of sp³-hybridized carbons (Fsp3) is 0.545. The van der Waals surface area contributed by atoms with Crippen molar-refractivity contribution in [1.82, 2.24) is 9.88 Å². The molecule has 0 aliphatic heterocycles. The van der Waals surface area contributed by atoms with Gasteiger partial charge in [-0.25, -0.2) is 0 Å². The Morgan fingerprint density at radius 1 is 1.60 bits per heavy atom. The Morgan fingerprint density at radius 2 is 2.27 bits per heavy atom. The molecule has 4 nitrogen and oxygen atoms in total. The number of aromatic nitrogens is 1. The van der Waals surface area contributed by atoms with Gasteiger partial charge >= 0.3 is 0 Å².